The van der Waals surface area contributed by atoms with Gasteiger partial charge in [0.2, 0.25) is 5.91 Å². The summed E-state index contributed by atoms with van der Waals surface area (Å²) < 4.78 is 0. The second kappa shape index (κ2) is 8.26. The summed E-state index contributed by atoms with van der Waals surface area (Å²) >= 11 is 1.58. The molecule has 3 rings (SSSR count). The molecule has 1 amide bonds. The summed E-state index contributed by atoms with van der Waals surface area (Å²) in [5, 5.41) is 18.7. The molecule has 0 aliphatic heterocycles. The van der Waals surface area contributed by atoms with Gasteiger partial charge in [0.15, 0.2) is 0 Å². The zero-order valence-corrected chi connectivity index (χ0v) is 14.6. The first kappa shape index (κ1) is 17.6. The molecular weight excluding hydrogens is 350 g/mol. The fourth-order valence-electron chi connectivity index (χ4n) is 2.54. The van der Waals surface area contributed by atoms with E-state index in [2.05, 4.69) is 10.6 Å². The molecule has 26 heavy (non-hydrogen) atoms. The smallest absolute Gasteiger partial charge is 0.271 e. The molecule has 0 fully saturated rings. The largest absolute Gasteiger partial charge is 0.376 e. The van der Waals surface area contributed by atoms with E-state index in [1.165, 1.54) is 12.1 Å². The van der Waals surface area contributed by atoms with E-state index in [0.717, 1.165) is 10.4 Å². The van der Waals surface area contributed by atoms with Crippen molar-refractivity contribution in [3.63, 3.8) is 0 Å². The predicted molar refractivity (Wildman–Crippen MR) is 102 cm³/mol. The Morgan fingerprint density at radius 3 is 2.58 bits per heavy atom. The summed E-state index contributed by atoms with van der Waals surface area (Å²) in [7, 11) is 0. The summed E-state index contributed by atoms with van der Waals surface area (Å²) in [5.41, 5.74) is 1.51. The number of carbonyl (C=O) groups excluding carboxylic acids is 1. The highest BCUT2D eigenvalue weighted by atomic mass is 32.1. The number of nitro groups is 1. The highest BCUT2D eigenvalue weighted by Crippen LogP contribution is 2.25. The second-order valence-corrected chi connectivity index (χ2v) is 6.57. The lowest BCUT2D eigenvalue weighted by Gasteiger charge is -2.18. The van der Waals surface area contributed by atoms with E-state index >= 15 is 0 Å². The molecule has 1 heterocycles. The maximum absolute atomic E-state index is 12.4. The Hall–Kier alpha value is -3.19. The predicted octanol–water partition coefficient (Wildman–Crippen LogP) is 3.97. The summed E-state index contributed by atoms with van der Waals surface area (Å²) in [4.78, 5) is 23.8. The van der Waals surface area contributed by atoms with Gasteiger partial charge in [-0.3, -0.25) is 14.9 Å². The third-order valence-electron chi connectivity index (χ3n) is 3.78. The zero-order chi connectivity index (χ0) is 18.4. The fourth-order valence-corrected chi connectivity index (χ4v) is 3.35. The van der Waals surface area contributed by atoms with Crippen LogP contribution in [0.4, 0.5) is 11.4 Å². The molecule has 7 heteroatoms. The molecule has 0 aliphatic carbocycles. The molecule has 2 aromatic carbocycles. The lowest BCUT2D eigenvalue weighted by atomic mass is 10.1. The molecule has 2 N–H and O–H groups in total. The van der Waals surface area contributed by atoms with E-state index in [1.54, 1.807) is 23.5 Å². The monoisotopic (exact) mass is 367 g/mol. The van der Waals surface area contributed by atoms with Gasteiger partial charge in [0.25, 0.3) is 5.69 Å². The number of nitrogens with zero attached hydrogens (tertiary/aromatic N) is 1. The lowest BCUT2D eigenvalue weighted by Crippen LogP contribution is -2.33. The third-order valence-corrected chi connectivity index (χ3v) is 4.71. The quantitative estimate of drug-likeness (QED) is 0.489. The topological polar surface area (TPSA) is 84.3 Å². The van der Waals surface area contributed by atoms with Gasteiger partial charge in [0.1, 0.15) is 0 Å². The van der Waals surface area contributed by atoms with Gasteiger partial charge >= 0.3 is 0 Å². The molecule has 1 unspecified atom stereocenters. The van der Waals surface area contributed by atoms with E-state index in [1.807, 2.05) is 47.8 Å². The average molecular weight is 367 g/mol. The molecule has 0 radical (unpaired) electrons. The number of hydrogen-bond donors (Lipinski definition) is 2. The minimum atomic E-state index is -0.465. The van der Waals surface area contributed by atoms with Crippen LogP contribution in [0.3, 0.4) is 0 Å². The number of benzene rings is 2. The van der Waals surface area contributed by atoms with Crippen molar-refractivity contribution in [1.29, 1.82) is 0 Å². The molecule has 6 nitrogen and oxygen atoms in total. The van der Waals surface area contributed by atoms with Gasteiger partial charge in [-0.25, -0.2) is 0 Å². The van der Waals surface area contributed by atoms with Crippen LogP contribution in [-0.2, 0) is 4.79 Å². The van der Waals surface area contributed by atoms with Crippen molar-refractivity contribution in [1.82, 2.24) is 5.32 Å². The molecule has 0 spiro atoms. The van der Waals surface area contributed by atoms with Gasteiger partial charge in [-0.1, -0.05) is 42.5 Å². The minimum Gasteiger partial charge on any atom is -0.376 e. The molecule has 1 atom stereocenters. The number of rotatable bonds is 7. The summed E-state index contributed by atoms with van der Waals surface area (Å²) in [6.07, 6.45) is 0. The van der Waals surface area contributed by atoms with E-state index in [4.69, 9.17) is 0 Å². The van der Waals surface area contributed by atoms with Crippen LogP contribution in [0.15, 0.2) is 72.1 Å². The second-order valence-electron chi connectivity index (χ2n) is 5.59. The van der Waals surface area contributed by atoms with Gasteiger partial charge in [-0.05, 0) is 23.1 Å². The summed E-state index contributed by atoms with van der Waals surface area (Å²) in [6, 6.07) is 19.5. The molecule has 0 aliphatic rings. The number of nitro benzene ring substituents is 1. The average Bonchev–Trinajstić information content (AvgIpc) is 3.20. The highest BCUT2D eigenvalue weighted by molar-refractivity contribution is 7.10. The number of non-ortho nitro benzene ring substituents is 1. The first-order chi connectivity index (χ1) is 12.6. The molecule has 132 valence electrons. The van der Waals surface area contributed by atoms with Crippen LogP contribution in [0, 0.1) is 10.1 Å². The Morgan fingerprint density at radius 1 is 1.08 bits per heavy atom. The van der Waals surface area contributed by atoms with Crippen molar-refractivity contribution in [2.45, 2.75) is 6.04 Å². The van der Waals surface area contributed by atoms with Crippen molar-refractivity contribution in [2.75, 3.05) is 11.9 Å². The number of nitrogens with one attached hydrogen (secondary N) is 2. The van der Waals surface area contributed by atoms with Crippen molar-refractivity contribution >= 4 is 28.6 Å². The van der Waals surface area contributed by atoms with Crippen LogP contribution in [0.2, 0.25) is 0 Å². The Bertz CT molecular complexity index is 882. The Labute approximate surface area is 154 Å². The number of amides is 1. The number of anilines is 1. The molecule has 3 aromatic rings. The fraction of sp³-hybridized carbons (Fsp3) is 0.105. The molecule has 1 aromatic heterocycles. The minimum absolute atomic E-state index is 0.0174. The molecule has 0 saturated heterocycles. The van der Waals surface area contributed by atoms with Gasteiger partial charge in [0, 0.05) is 22.7 Å². The van der Waals surface area contributed by atoms with Gasteiger partial charge in [-0.2, -0.15) is 0 Å². The molecule has 0 bridgehead atoms. The summed E-state index contributed by atoms with van der Waals surface area (Å²) in [6.45, 7) is 0.0237. The van der Waals surface area contributed by atoms with Crippen LogP contribution >= 0.6 is 11.3 Å². The number of hydrogen-bond acceptors (Lipinski definition) is 5. The van der Waals surface area contributed by atoms with Crippen molar-refractivity contribution in [2.24, 2.45) is 0 Å². The van der Waals surface area contributed by atoms with E-state index in [0.29, 0.717) is 5.69 Å². The first-order valence-electron chi connectivity index (χ1n) is 7.99. The zero-order valence-electron chi connectivity index (χ0n) is 13.8. The van der Waals surface area contributed by atoms with Gasteiger partial charge in [-0.15, -0.1) is 11.3 Å². The van der Waals surface area contributed by atoms with Crippen molar-refractivity contribution in [3.05, 3.63) is 92.7 Å². The molecular formula is C19H17N3O3S. The van der Waals surface area contributed by atoms with Crippen molar-refractivity contribution in [3.8, 4) is 0 Å². The Balaban J connectivity index is 1.67. The van der Waals surface area contributed by atoms with Crippen molar-refractivity contribution < 1.29 is 9.72 Å². The van der Waals surface area contributed by atoms with Crippen LogP contribution in [0.1, 0.15) is 16.5 Å². The van der Waals surface area contributed by atoms with E-state index < -0.39 is 4.92 Å². The highest BCUT2D eigenvalue weighted by Gasteiger charge is 2.17. The van der Waals surface area contributed by atoms with Crippen LogP contribution in [0.25, 0.3) is 0 Å². The summed E-state index contributed by atoms with van der Waals surface area (Å²) in [5.74, 6) is -0.196. The van der Waals surface area contributed by atoms with Crippen LogP contribution in [-0.4, -0.2) is 17.4 Å². The lowest BCUT2D eigenvalue weighted by molar-refractivity contribution is -0.384. The maximum atomic E-state index is 12.4. The normalized spacial score (nSPS) is 11.5. The standard InChI is InChI=1S/C19H17N3O3S/c23-18(13-20-15-8-4-9-16(12-15)22(24)25)21-19(17-10-5-11-26-17)14-6-2-1-3-7-14/h1-12,19-20H,13H2,(H,21,23). The third kappa shape index (κ3) is 4.46. The van der Waals surface area contributed by atoms with Crippen LogP contribution in [0.5, 0.6) is 0 Å². The van der Waals surface area contributed by atoms with E-state index in [-0.39, 0.29) is 24.2 Å². The number of thiophene rings is 1. The van der Waals surface area contributed by atoms with Gasteiger partial charge in [0.05, 0.1) is 17.5 Å². The number of carbonyl (C=O) groups is 1. The van der Waals surface area contributed by atoms with Crippen LogP contribution < -0.4 is 10.6 Å². The molecule has 0 saturated carbocycles. The van der Waals surface area contributed by atoms with E-state index in [9.17, 15) is 14.9 Å². The first-order valence-corrected chi connectivity index (χ1v) is 8.87. The Kier molecular flexibility index (Phi) is 5.60. The van der Waals surface area contributed by atoms with Gasteiger partial charge < -0.3 is 10.6 Å². The Morgan fingerprint density at radius 2 is 1.88 bits per heavy atom. The SMILES string of the molecule is O=C(CNc1cccc([N+](=O)[O-])c1)NC(c1ccccc1)c1cccs1. The maximum Gasteiger partial charge on any atom is 0.271 e.